The maximum Gasteiger partial charge on any atom is 0.332 e. The van der Waals surface area contributed by atoms with Gasteiger partial charge in [0.2, 0.25) is 0 Å². The lowest BCUT2D eigenvalue weighted by molar-refractivity contribution is 0.0602. The van der Waals surface area contributed by atoms with E-state index in [2.05, 4.69) is 10.3 Å². The van der Waals surface area contributed by atoms with Crippen molar-refractivity contribution in [1.82, 2.24) is 24.3 Å². The number of halogens is 2. The van der Waals surface area contributed by atoms with Gasteiger partial charge in [-0.15, -0.1) is 24.8 Å². The average Bonchev–Trinajstić information content (AvgIpc) is 3.12. The predicted octanol–water partition coefficient (Wildman–Crippen LogP) is 1.000. The molecule has 2 aliphatic rings. The largest absolute Gasteiger partial charge is 0.337 e. The summed E-state index contributed by atoms with van der Waals surface area (Å²) < 4.78 is 2.40. The maximum absolute atomic E-state index is 13.0. The standard InChI is InChI=1S/C19H25N5O3.2ClH/c1-12-10-13(21-15-14(12)17(26)23(3)18(27)22(15)2)16(25)24-8-5-19(6-9-24)4-7-20-11-19;;/h10,20H,4-9,11H2,1-3H3;2*1H. The smallest absolute Gasteiger partial charge is 0.332 e. The lowest BCUT2D eigenvalue weighted by Gasteiger charge is -2.38. The van der Waals surface area contributed by atoms with Gasteiger partial charge in [0.05, 0.1) is 5.39 Å². The molecule has 2 aromatic heterocycles. The summed E-state index contributed by atoms with van der Waals surface area (Å²) in [5.41, 5.74) is 0.722. The molecule has 2 saturated heterocycles. The van der Waals surface area contributed by atoms with Crippen molar-refractivity contribution in [3.8, 4) is 0 Å². The molecule has 10 heteroatoms. The minimum Gasteiger partial charge on any atom is -0.337 e. The molecule has 1 spiro atoms. The number of carbonyl (C=O) groups is 1. The van der Waals surface area contributed by atoms with Gasteiger partial charge in [-0.05, 0) is 49.8 Å². The summed E-state index contributed by atoms with van der Waals surface area (Å²) in [5, 5.41) is 3.81. The van der Waals surface area contributed by atoms with Crippen molar-refractivity contribution in [3.05, 3.63) is 38.2 Å². The van der Waals surface area contributed by atoms with Crippen LogP contribution in [-0.2, 0) is 14.1 Å². The second-order valence-electron chi connectivity index (χ2n) is 7.95. The number of rotatable bonds is 1. The first-order valence-corrected chi connectivity index (χ1v) is 9.40. The van der Waals surface area contributed by atoms with Crippen LogP contribution in [0.25, 0.3) is 11.0 Å². The summed E-state index contributed by atoms with van der Waals surface area (Å²) >= 11 is 0. The number of hydrogen-bond acceptors (Lipinski definition) is 5. The second-order valence-corrected chi connectivity index (χ2v) is 7.95. The third-order valence-electron chi connectivity index (χ3n) is 6.27. The van der Waals surface area contributed by atoms with Crippen molar-refractivity contribution in [2.24, 2.45) is 19.5 Å². The summed E-state index contributed by atoms with van der Waals surface area (Å²) in [6.07, 6.45) is 3.17. The molecule has 0 atom stereocenters. The summed E-state index contributed by atoms with van der Waals surface area (Å²) in [6, 6.07) is 1.66. The molecule has 1 N–H and O–H groups in total. The minimum atomic E-state index is -0.447. The number of piperidine rings is 1. The van der Waals surface area contributed by atoms with E-state index in [-0.39, 0.29) is 41.9 Å². The van der Waals surface area contributed by atoms with E-state index in [4.69, 9.17) is 0 Å². The normalized spacial score (nSPS) is 17.8. The van der Waals surface area contributed by atoms with Crippen LogP contribution in [0, 0.1) is 12.3 Å². The Hall–Kier alpha value is -1.90. The fourth-order valence-corrected chi connectivity index (χ4v) is 4.41. The van der Waals surface area contributed by atoms with E-state index in [0.717, 1.165) is 43.6 Å². The lowest BCUT2D eigenvalue weighted by Crippen LogP contribution is -2.44. The Bertz CT molecular complexity index is 1050. The molecule has 0 unspecified atom stereocenters. The van der Waals surface area contributed by atoms with Gasteiger partial charge in [0, 0.05) is 33.7 Å². The molecule has 1 amide bonds. The van der Waals surface area contributed by atoms with Gasteiger partial charge < -0.3 is 10.2 Å². The zero-order chi connectivity index (χ0) is 19.3. The zero-order valence-corrected chi connectivity index (χ0v) is 18.5. The lowest BCUT2D eigenvalue weighted by atomic mass is 9.78. The first-order chi connectivity index (χ1) is 12.8. The van der Waals surface area contributed by atoms with Gasteiger partial charge in [-0.3, -0.25) is 18.7 Å². The quantitative estimate of drug-likeness (QED) is 0.709. The van der Waals surface area contributed by atoms with Gasteiger partial charge in [0.25, 0.3) is 11.5 Å². The number of pyridine rings is 1. The highest BCUT2D eigenvalue weighted by atomic mass is 35.5. The number of aromatic nitrogens is 3. The van der Waals surface area contributed by atoms with Crippen molar-refractivity contribution < 1.29 is 4.79 Å². The van der Waals surface area contributed by atoms with Gasteiger partial charge in [-0.25, -0.2) is 9.78 Å². The Kier molecular flexibility index (Phi) is 6.82. The van der Waals surface area contributed by atoms with E-state index in [1.54, 1.807) is 20.0 Å². The van der Waals surface area contributed by atoms with Crippen molar-refractivity contribution >= 4 is 41.8 Å². The SMILES string of the molecule is Cc1cc(C(=O)N2CCC3(CCNC3)CC2)nc2c1c(=O)n(C)c(=O)n2C.Cl.Cl. The highest BCUT2D eigenvalue weighted by Crippen LogP contribution is 2.37. The Morgan fingerprint density at radius 3 is 2.34 bits per heavy atom. The molecule has 4 heterocycles. The number of hydrogen-bond donors (Lipinski definition) is 1. The van der Waals surface area contributed by atoms with Crippen LogP contribution in [0.2, 0.25) is 0 Å². The van der Waals surface area contributed by atoms with Crippen LogP contribution in [0.1, 0.15) is 35.3 Å². The van der Waals surface area contributed by atoms with E-state index in [9.17, 15) is 14.4 Å². The number of nitrogens with one attached hydrogen (secondary N) is 1. The summed E-state index contributed by atoms with van der Waals surface area (Å²) in [7, 11) is 3.02. The fourth-order valence-electron chi connectivity index (χ4n) is 4.41. The maximum atomic E-state index is 13.0. The molecule has 0 radical (unpaired) electrons. The number of aryl methyl sites for hydroxylation is 2. The fraction of sp³-hybridized carbons (Fsp3) is 0.579. The zero-order valence-electron chi connectivity index (χ0n) is 16.9. The van der Waals surface area contributed by atoms with Crippen LogP contribution in [0.4, 0.5) is 0 Å². The van der Waals surface area contributed by atoms with E-state index in [0.29, 0.717) is 22.1 Å². The highest BCUT2D eigenvalue weighted by Gasteiger charge is 2.38. The van der Waals surface area contributed by atoms with Gasteiger partial charge >= 0.3 is 5.69 Å². The van der Waals surface area contributed by atoms with E-state index in [1.165, 1.54) is 18.0 Å². The third-order valence-corrected chi connectivity index (χ3v) is 6.27. The van der Waals surface area contributed by atoms with Gasteiger partial charge in [-0.1, -0.05) is 0 Å². The van der Waals surface area contributed by atoms with Crippen molar-refractivity contribution in [2.45, 2.75) is 26.2 Å². The Labute approximate surface area is 181 Å². The highest BCUT2D eigenvalue weighted by molar-refractivity contribution is 5.95. The van der Waals surface area contributed by atoms with E-state index < -0.39 is 5.69 Å². The van der Waals surface area contributed by atoms with Gasteiger partial charge in [-0.2, -0.15) is 0 Å². The van der Waals surface area contributed by atoms with Crippen LogP contribution in [0.3, 0.4) is 0 Å². The molecule has 0 aromatic carbocycles. The first kappa shape index (κ1) is 23.4. The van der Waals surface area contributed by atoms with Crippen LogP contribution >= 0.6 is 24.8 Å². The number of nitrogens with zero attached hydrogens (tertiary/aromatic N) is 4. The summed E-state index contributed by atoms with van der Waals surface area (Å²) in [4.78, 5) is 44.0. The second kappa shape index (κ2) is 8.45. The van der Waals surface area contributed by atoms with Crippen LogP contribution in [0.15, 0.2) is 15.7 Å². The van der Waals surface area contributed by atoms with Crippen LogP contribution < -0.4 is 16.6 Å². The monoisotopic (exact) mass is 443 g/mol. The Morgan fingerprint density at radius 2 is 1.76 bits per heavy atom. The topological polar surface area (TPSA) is 89.2 Å². The Morgan fingerprint density at radius 1 is 1.10 bits per heavy atom. The van der Waals surface area contributed by atoms with Crippen molar-refractivity contribution in [1.29, 1.82) is 0 Å². The average molecular weight is 444 g/mol. The summed E-state index contributed by atoms with van der Waals surface area (Å²) in [6.45, 7) is 5.31. The van der Waals surface area contributed by atoms with Gasteiger partial charge in [0.15, 0.2) is 0 Å². The molecule has 2 fully saturated rings. The van der Waals surface area contributed by atoms with Crippen molar-refractivity contribution in [3.63, 3.8) is 0 Å². The van der Waals surface area contributed by atoms with Crippen molar-refractivity contribution in [2.75, 3.05) is 26.2 Å². The molecule has 29 heavy (non-hydrogen) atoms. The van der Waals surface area contributed by atoms with Gasteiger partial charge in [0.1, 0.15) is 11.3 Å². The minimum absolute atomic E-state index is 0. The molecule has 0 aliphatic carbocycles. The molecule has 0 bridgehead atoms. The third kappa shape index (κ3) is 3.81. The molecule has 4 rings (SSSR count). The Balaban J connectivity index is 0.00000150. The van der Waals surface area contributed by atoms with E-state index in [1.807, 2.05) is 4.90 Å². The molecule has 8 nitrogen and oxygen atoms in total. The first-order valence-electron chi connectivity index (χ1n) is 9.40. The number of likely N-dealkylation sites (tertiary alicyclic amines) is 1. The number of carbonyl (C=O) groups excluding carboxylic acids is 1. The summed E-state index contributed by atoms with van der Waals surface area (Å²) in [5.74, 6) is -0.131. The predicted molar refractivity (Wildman–Crippen MR) is 117 cm³/mol. The number of fused-ring (bicyclic) bond motifs is 1. The molecule has 2 aliphatic heterocycles. The van der Waals surface area contributed by atoms with E-state index >= 15 is 0 Å². The molecule has 0 saturated carbocycles. The molecule has 2 aromatic rings. The molecular formula is C19H27Cl2N5O3. The molecule has 160 valence electrons. The van der Waals surface area contributed by atoms with Crippen LogP contribution in [-0.4, -0.2) is 51.1 Å². The molecular weight excluding hydrogens is 417 g/mol. The number of amides is 1. The van der Waals surface area contributed by atoms with Crippen LogP contribution in [0.5, 0.6) is 0 Å².